The molecular weight excluding hydrogens is 264 g/mol. The van der Waals surface area contributed by atoms with Gasteiger partial charge in [-0.1, -0.05) is 11.6 Å². The predicted octanol–water partition coefficient (Wildman–Crippen LogP) is 2.94. The van der Waals surface area contributed by atoms with Gasteiger partial charge in [-0.2, -0.15) is 0 Å². The van der Waals surface area contributed by atoms with Crippen LogP contribution in [0.25, 0.3) is 0 Å². The molecule has 0 saturated heterocycles. The Bertz CT molecular complexity index is 481. The van der Waals surface area contributed by atoms with E-state index in [4.69, 9.17) is 26.8 Å². The van der Waals surface area contributed by atoms with Gasteiger partial charge in [0.05, 0.1) is 18.7 Å². The van der Waals surface area contributed by atoms with E-state index in [9.17, 15) is 8.78 Å². The zero-order chi connectivity index (χ0) is 13.6. The van der Waals surface area contributed by atoms with Crippen molar-refractivity contribution < 1.29 is 18.3 Å². The van der Waals surface area contributed by atoms with E-state index in [0.717, 1.165) is 0 Å². The topological polar surface area (TPSA) is 44.5 Å². The van der Waals surface area contributed by atoms with Gasteiger partial charge >= 0.3 is 0 Å². The van der Waals surface area contributed by atoms with Crippen molar-refractivity contribution in [3.63, 3.8) is 0 Å². The van der Waals surface area contributed by atoms with E-state index in [1.54, 1.807) is 6.92 Å². The van der Waals surface area contributed by atoms with Gasteiger partial charge in [0, 0.05) is 6.42 Å². The maximum absolute atomic E-state index is 13.3. The van der Waals surface area contributed by atoms with Crippen LogP contribution in [0, 0.1) is 0 Å². The first kappa shape index (κ1) is 13.4. The summed E-state index contributed by atoms with van der Waals surface area (Å²) in [5.74, 6) is -2.24. The summed E-state index contributed by atoms with van der Waals surface area (Å²) < 4.78 is 36.9. The van der Waals surface area contributed by atoms with E-state index in [1.807, 2.05) is 0 Å². The van der Waals surface area contributed by atoms with E-state index in [2.05, 4.69) is 0 Å². The Kier molecular flexibility index (Phi) is 3.15. The van der Waals surface area contributed by atoms with Gasteiger partial charge in [-0.15, -0.1) is 0 Å². The highest BCUT2D eigenvalue weighted by atomic mass is 35.5. The smallest absolute Gasteiger partial charge is 0.272 e. The molecule has 1 unspecified atom stereocenters. The molecule has 1 atom stereocenters. The number of hydrogen-bond acceptors (Lipinski definition) is 3. The van der Waals surface area contributed by atoms with E-state index >= 15 is 0 Å². The third-order valence-electron chi connectivity index (χ3n) is 3.06. The molecule has 0 aromatic heterocycles. The number of hydrogen-bond donors (Lipinski definition) is 1. The van der Waals surface area contributed by atoms with Crippen LogP contribution >= 0.6 is 11.6 Å². The van der Waals surface area contributed by atoms with Crippen molar-refractivity contribution in [3.05, 3.63) is 22.7 Å². The van der Waals surface area contributed by atoms with E-state index in [0.29, 0.717) is 18.1 Å². The summed E-state index contributed by atoms with van der Waals surface area (Å²) in [6.45, 7) is 2.16. The highest BCUT2D eigenvalue weighted by Crippen LogP contribution is 2.58. The van der Waals surface area contributed by atoms with Gasteiger partial charge < -0.3 is 15.2 Å². The van der Waals surface area contributed by atoms with Crippen LogP contribution in [0.1, 0.15) is 18.9 Å². The number of rotatable bonds is 4. The van der Waals surface area contributed by atoms with Crippen molar-refractivity contribution in [1.29, 1.82) is 0 Å². The summed E-state index contributed by atoms with van der Waals surface area (Å²) in [6, 6.07) is 2.87. The zero-order valence-electron chi connectivity index (χ0n) is 10.1. The van der Waals surface area contributed by atoms with Crippen molar-refractivity contribution in [1.82, 2.24) is 0 Å². The Labute approximate surface area is 109 Å². The normalized spacial score (nSPS) is 24.8. The highest BCUT2D eigenvalue weighted by Gasteiger charge is 2.70. The Morgan fingerprint density at radius 3 is 2.50 bits per heavy atom. The third-order valence-corrected chi connectivity index (χ3v) is 3.34. The molecule has 6 heteroatoms. The molecule has 0 amide bonds. The molecule has 0 spiro atoms. The lowest BCUT2D eigenvalue weighted by Gasteiger charge is -2.16. The standard InChI is InChI=1S/C12H14ClF2NO2/c1-3-18-9-5-7(4-8(13)10(9)17-2)11(16)6-12(11,14)15/h4-5H,3,6,16H2,1-2H3. The first-order valence-electron chi connectivity index (χ1n) is 5.53. The third kappa shape index (κ3) is 1.91. The molecule has 100 valence electrons. The van der Waals surface area contributed by atoms with Crippen LogP contribution in [0.4, 0.5) is 8.78 Å². The molecule has 2 N–H and O–H groups in total. The second-order valence-corrected chi connectivity index (χ2v) is 4.68. The predicted molar refractivity (Wildman–Crippen MR) is 64.6 cm³/mol. The Hall–Kier alpha value is -1.07. The summed E-state index contributed by atoms with van der Waals surface area (Å²) in [6.07, 6.45) is -0.381. The summed E-state index contributed by atoms with van der Waals surface area (Å²) in [5.41, 5.74) is 4.29. The summed E-state index contributed by atoms with van der Waals surface area (Å²) in [5, 5.41) is 0.214. The lowest BCUT2D eigenvalue weighted by atomic mass is 10.0. The molecule has 0 bridgehead atoms. The maximum Gasteiger partial charge on any atom is 0.272 e. The van der Waals surface area contributed by atoms with E-state index < -0.39 is 11.5 Å². The molecule has 1 fully saturated rings. The Morgan fingerprint density at radius 2 is 2.06 bits per heavy atom. The number of alkyl halides is 2. The first-order chi connectivity index (χ1) is 8.35. The van der Waals surface area contributed by atoms with Crippen LogP contribution in [0.5, 0.6) is 11.5 Å². The molecule has 0 aliphatic heterocycles. The zero-order valence-corrected chi connectivity index (χ0v) is 10.9. The van der Waals surface area contributed by atoms with Crippen LogP contribution < -0.4 is 15.2 Å². The SMILES string of the molecule is CCOc1cc(C2(N)CC2(F)F)cc(Cl)c1OC. The van der Waals surface area contributed by atoms with Crippen LogP contribution in [-0.2, 0) is 5.54 Å². The average molecular weight is 278 g/mol. The van der Waals surface area contributed by atoms with Gasteiger partial charge in [-0.05, 0) is 24.6 Å². The molecule has 1 saturated carbocycles. The molecule has 1 aliphatic carbocycles. The van der Waals surface area contributed by atoms with Gasteiger partial charge in [0.25, 0.3) is 5.92 Å². The summed E-state index contributed by atoms with van der Waals surface area (Å²) in [4.78, 5) is 0. The molecule has 1 aliphatic rings. The van der Waals surface area contributed by atoms with Crippen molar-refractivity contribution in [2.24, 2.45) is 5.73 Å². The summed E-state index contributed by atoms with van der Waals surface area (Å²) >= 11 is 5.99. The van der Waals surface area contributed by atoms with Gasteiger partial charge in [0.1, 0.15) is 5.54 Å². The largest absolute Gasteiger partial charge is 0.491 e. The van der Waals surface area contributed by atoms with Gasteiger partial charge in [-0.25, -0.2) is 8.78 Å². The van der Waals surface area contributed by atoms with Crippen molar-refractivity contribution in [2.45, 2.75) is 24.8 Å². The van der Waals surface area contributed by atoms with Gasteiger partial charge in [0.15, 0.2) is 11.5 Å². The quantitative estimate of drug-likeness (QED) is 0.920. The van der Waals surface area contributed by atoms with Crippen molar-refractivity contribution in [2.75, 3.05) is 13.7 Å². The van der Waals surface area contributed by atoms with Crippen molar-refractivity contribution >= 4 is 11.6 Å². The molecule has 1 aromatic rings. The second-order valence-electron chi connectivity index (χ2n) is 4.28. The fourth-order valence-electron chi connectivity index (χ4n) is 1.91. The minimum absolute atomic E-state index is 0.214. The minimum Gasteiger partial charge on any atom is -0.491 e. The molecule has 3 nitrogen and oxygen atoms in total. The second kappa shape index (κ2) is 4.24. The van der Waals surface area contributed by atoms with Crippen LogP contribution in [0.3, 0.4) is 0 Å². The Morgan fingerprint density at radius 1 is 1.44 bits per heavy atom. The van der Waals surface area contributed by atoms with E-state index in [-0.39, 0.29) is 17.0 Å². The lowest BCUT2D eigenvalue weighted by Crippen LogP contribution is -2.27. The summed E-state index contributed by atoms with van der Waals surface area (Å²) in [7, 11) is 1.44. The minimum atomic E-state index is -2.89. The van der Waals surface area contributed by atoms with Crippen LogP contribution in [-0.4, -0.2) is 19.6 Å². The molecule has 1 aromatic carbocycles. The molecule has 2 rings (SSSR count). The van der Waals surface area contributed by atoms with E-state index in [1.165, 1.54) is 19.2 Å². The first-order valence-corrected chi connectivity index (χ1v) is 5.91. The molecular formula is C12H14ClF2NO2. The Balaban J connectivity index is 2.46. The molecule has 0 heterocycles. The van der Waals surface area contributed by atoms with Crippen LogP contribution in [0.15, 0.2) is 12.1 Å². The lowest BCUT2D eigenvalue weighted by molar-refractivity contribution is 0.0890. The fourth-order valence-corrected chi connectivity index (χ4v) is 2.19. The average Bonchev–Trinajstić information content (AvgIpc) is 2.79. The number of nitrogens with two attached hydrogens (primary N) is 1. The van der Waals surface area contributed by atoms with Crippen LogP contribution in [0.2, 0.25) is 5.02 Å². The number of halogens is 3. The van der Waals surface area contributed by atoms with Crippen molar-refractivity contribution in [3.8, 4) is 11.5 Å². The van der Waals surface area contributed by atoms with Gasteiger partial charge in [0.2, 0.25) is 0 Å². The monoisotopic (exact) mass is 277 g/mol. The number of benzene rings is 1. The number of methoxy groups -OCH3 is 1. The fraction of sp³-hybridized carbons (Fsp3) is 0.500. The maximum atomic E-state index is 13.3. The highest BCUT2D eigenvalue weighted by molar-refractivity contribution is 6.32. The van der Waals surface area contributed by atoms with Gasteiger partial charge in [-0.3, -0.25) is 0 Å². The molecule has 0 radical (unpaired) electrons. The molecule has 18 heavy (non-hydrogen) atoms. The number of ether oxygens (including phenoxy) is 2.